The molecule has 0 radical (unpaired) electrons. The van der Waals surface area contributed by atoms with Crippen molar-refractivity contribution in [3.63, 3.8) is 0 Å². The summed E-state index contributed by atoms with van der Waals surface area (Å²) in [6, 6.07) is 1.07. The Bertz CT molecular complexity index is 352. The lowest BCUT2D eigenvalue weighted by molar-refractivity contribution is 0.200. The van der Waals surface area contributed by atoms with Gasteiger partial charge in [-0.1, -0.05) is 6.92 Å². The van der Waals surface area contributed by atoms with Crippen LogP contribution in [0.25, 0.3) is 0 Å². The molecule has 18 heavy (non-hydrogen) atoms. The molecule has 1 aliphatic rings. The van der Waals surface area contributed by atoms with Crippen molar-refractivity contribution in [1.29, 1.82) is 0 Å². The van der Waals surface area contributed by atoms with E-state index in [0.717, 1.165) is 6.54 Å². The summed E-state index contributed by atoms with van der Waals surface area (Å²) < 4.78 is 1.99. The standard InChI is InChI=1S/C14H26N4/c1-4-17-8-6-14(7-9-17)16-12(3)13-10-15-18(5-2)11-13/h10-12,14,16H,4-9H2,1-3H3. The molecule has 0 spiro atoms. The predicted octanol–water partition coefficient (Wildman–Crippen LogP) is 2.04. The fourth-order valence-electron chi connectivity index (χ4n) is 2.64. The summed E-state index contributed by atoms with van der Waals surface area (Å²) in [6.45, 7) is 11.2. The number of rotatable bonds is 5. The Kier molecular flexibility index (Phi) is 4.78. The molecule has 4 heteroatoms. The smallest absolute Gasteiger partial charge is 0.0537 e. The van der Waals surface area contributed by atoms with E-state index in [-0.39, 0.29) is 0 Å². The van der Waals surface area contributed by atoms with Crippen molar-refractivity contribution < 1.29 is 0 Å². The van der Waals surface area contributed by atoms with Crippen molar-refractivity contribution in [2.45, 2.75) is 52.2 Å². The minimum Gasteiger partial charge on any atom is -0.307 e. The Labute approximate surface area is 110 Å². The van der Waals surface area contributed by atoms with Gasteiger partial charge in [0.1, 0.15) is 0 Å². The summed E-state index contributed by atoms with van der Waals surface area (Å²) in [5.74, 6) is 0. The van der Waals surface area contributed by atoms with Crippen LogP contribution in [0.2, 0.25) is 0 Å². The quantitative estimate of drug-likeness (QED) is 0.868. The number of aromatic nitrogens is 2. The zero-order valence-electron chi connectivity index (χ0n) is 11.9. The van der Waals surface area contributed by atoms with E-state index in [0.29, 0.717) is 12.1 Å². The Balaban J connectivity index is 1.82. The average molecular weight is 250 g/mol. The van der Waals surface area contributed by atoms with Gasteiger partial charge in [0.2, 0.25) is 0 Å². The molecule has 102 valence electrons. The van der Waals surface area contributed by atoms with Gasteiger partial charge in [-0.05, 0) is 46.3 Å². The highest BCUT2D eigenvalue weighted by molar-refractivity contribution is 5.09. The number of likely N-dealkylation sites (tertiary alicyclic amines) is 1. The van der Waals surface area contributed by atoms with E-state index in [2.05, 4.69) is 42.3 Å². The van der Waals surface area contributed by atoms with Crippen LogP contribution in [0, 0.1) is 0 Å². The molecule has 1 saturated heterocycles. The molecule has 4 nitrogen and oxygen atoms in total. The third-order valence-corrected chi connectivity index (χ3v) is 4.00. The summed E-state index contributed by atoms with van der Waals surface area (Å²) in [4.78, 5) is 2.53. The minimum absolute atomic E-state index is 0.406. The monoisotopic (exact) mass is 250 g/mol. The maximum Gasteiger partial charge on any atom is 0.0537 e. The first kappa shape index (κ1) is 13.6. The zero-order valence-corrected chi connectivity index (χ0v) is 11.9. The highest BCUT2D eigenvalue weighted by Crippen LogP contribution is 2.16. The Morgan fingerprint density at radius 2 is 2.06 bits per heavy atom. The lowest BCUT2D eigenvalue weighted by atomic mass is 10.0. The van der Waals surface area contributed by atoms with Gasteiger partial charge in [-0.3, -0.25) is 4.68 Å². The van der Waals surface area contributed by atoms with Crippen molar-refractivity contribution in [1.82, 2.24) is 20.0 Å². The molecule has 2 rings (SSSR count). The first-order chi connectivity index (χ1) is 8.72. The van der Waals surface area contributed by atoms with Crippen LogP contribution in [0.5, 0.6) is 0 Å². The lowest BCUT2D eigenvalue weighted by Crippen LogP contribution is -2.43. The summed E-state index contributed by atoms with van der Waals surface area (Å²) in [7, 11) is 0. The molecule has 1 atom stereocenters. The van der Waals surface area contributed by atoms with E-state index >= 15 is 0 Å². The lowest BCUT2D eigenvalue weighted by Gasteiger charge is -2.33. The fourth-order valence-corrected chi connectivity index (χ4v) is 2.64. The topological polar surface area (TPSA) is 33.1 Å². The van der Waals surface area contributed by atoms with E-state index in [4.69, 9.17) is 0 Å². The van der Waals surface area contributed by atoms with E-state index in [1.165, 1.54) is 38.0 Å². The average Bonchev–Trinajstić information content (AvgIpc) is 2.88. The molecule has 0 aliphatic carbocycles. The number of nitrogens with zero attached hydrogens (tertiary/aromatic N) is 3. The molecule has 1 aromatic heterocycles. The van der Waals surface area contributed by atoms with Gasteiger partial charge in [0.25, 0.3) is 0 Å². The fraction of sp³-hybridized carbons (Fsp3) is 0.786. The molecule has 0 bridgehead atoms. The number of hydrogen-bond acceptors (Lipinski definition) is 3. The van der Waals surface area contributed by atoms with Crippen LogP contribution >= 0.6 is 0 Å². The molecular formula is C14H26N4. The van der Waals surface area contributed by atoms with Gasteiger partial charge >= 0.3 is 0 Å². The van der Waals surface area contributed by atoms with E-state index < -0.39 is 0 Å². The van der Waals surface area contributed by atoms with Gasteiger partial charge in [-0.15, -0.1) is 0 Å². The number of hydrogen-bond donors (Lipinski definition) is 1. The van der Waals surface area contributed by atoms with Gasteiger partial charge < -0.3 is 10.2 Å². The second-order valence-corrected chi connectivity index (χ2v) is 5.23. The Hall–Kier alpha value is -0.870. The van der Waals surface area contributed by atoms with Crippen LogP contribution in [-0.2, 0) is 6.54 Å². The highest BCUT2D eigenvalue weighted by Gasteiger charge is 2.20. The molecule has 1 N–H and O–H groups in total. The molecule has 0 amide bonds. The van der Waals surface area contributed by atoms with Crippen molar-refractivity contribution in [2.75, 3.05) is 19.6 Å². The summed E-state index contributed by atoms with van der Waals surface area (Å²) in [6.07, 6.45) is 6.67. The first-order valence-electron chi connectivity index (χ1n) is 7.23. The summed E-state index contributed by atoms with van der Waals surface area (Å²) in [5, 5.41) is 8.08. The van der Waals surface area contributed by atoms with Gasteiger partial charge in [0.05, 0.1) is 6.20 Å². The van der Waals surface area contributed by atoms with Crippen LogP contribution in [0.3, 0.4) is 0 Å². The van der Waals surface area contributed by atoms with Gasteiger partial charge in [-0.25, -0.2) is 0 Å². The second kappa shape index (κ2) is 6.34. The molecule has 2 heterocycles. The normalized spacial score (nSPS) is 20.2. The molecular weight excluding hydrogens is 224 g/mol. The third kappa shape index (κ3) is 3.33. The van der Waals surface area contributed by atoms with E-state index in [1.807, 2.05) is 10.9 Å². The molecule has 1 unspecified atom stereocenters. The SMILES string of the molecule is CCN1CCC(NC(C)c2cnn(CC)c2)CC1. The van der Waals surface area contributed by atoms with Crippen molar-refractivity contribution in [3.05, 3.63) is 18.0 Å². The summed E-state index contributed by atoms with van der Waals surface area (Å²) >= 11 is 0. The maximum absolute atomic E-state index is 4.34. The molecule has 0 saturated carbocycles. The predicted molar refractivity (Wildman–Crippen MR) is 74.6 cm³/mol. The number of aryl methyl sites for hydroxylation is 1. The van der Waals surface area contributed by atoms with Crippen LogP contribution in [0.4, 0.5) is 0 Å². The highest BCUT2D eigenvalue weighted by atomic mass is 15.3. The Morgan fingerprint density at radius 3 is 2.61 bits per heavy atom. The minimum atomic E-state index is 0.406. The van der Waals surface area contributed by atoms with Crippen LogP contribution in [0.1, 0.15) is 45.2 Å². The number of nitrogens with one attached hydrogen (secondary N) is 1. The van der Waals surface area contributed by atoms with E-state index in [9.17, 15) is 0 Å². The van der Waals surface area contributed by atoms with E-state index in [1.54, 1.807) is 0 Å². The molecule has 1 aromatic rings. The molecule has 1 aliphatic heterocycles. The largest absolute Gasteiger partial charge is 0.307 e. The van der Waals surface area contributed by atoms with Crippen molar-refractivity contribution in [3.8, 4) is 0 Å². The van der Waals surface area contributed by atoms with Gasteiger partial charge in [0, 0.05) is 30.4 Å². The first-order valence-corrected chi connectivity index (χ1v) is 7.23. The number of piperidine rings is 1. The zero-order chi connectivity index (χ0) is 13.0. The van der Waals surface area contributed by atoms with Crippen LogP contribution in [0.15, 0.2) is 12.4 Å². The van der Waals surface area contributed by atoms with Gasteiger partial charge in [-0.2, -0.15) is 5.10 Å². The second-order valence-electron chi connectivity index (χ2n) is 5.23. The van der Waals surface area contributed by atoms with Gasteiger partial charge in [0.15, 0.2) is 0 Å². The van der Waals surface area contributed by atoms with Crippen molar-refractivity contribution >= 4 is 0 Å². The summed E-state index contributed by atoms with van der Waals surface area (Å²) in [5.41, 5.74) is 1.30. The molecule has 0 aromatic carbocycles. The Morgan fingerprint density at radius 1 is 1.33 bits per heavy atom. The molecule has 1 fully saturated rings. The third-order valence-electron chi connectivity index (χ3n) is 4.00. The van der Waals surface area contributed by atoms with Crippen LogP contribution in [-0.4, -0.2) is 40.4 Å². The van der Waals surface area contributed by atoms with Crippen molar-refractivity contribution in [2.24, 2.45) is 0 Å². The maximum atomic E-state index is 4.34. The van der Waals surface area contributed by atoms with Crippen LogP contribution < -0.4 is 5.32 Å².